The number of fused-ring (bicyclic) bond motifs is 4. The van der Waals surface area contributed by atoms with E-state index in [1.807, 2.05) is 17.7 Å². The third-order valence-electron chi connectivity index (χ3n) is 8.24. The third kappa shape index (κ3) is 5.29. The van der Waals surface area contributed by atoms with Crippen LogP contribution < -0.4 is 10.9 Å². The summed E-state index contributed by atoms with van der Waals surface area (Å²) in [4.78, 5) is 25.9. The normalized spacial score (nSPS) is 21.7. The number of nitrogens with zero attached hydrogens (tertiary/aromatic N) is 4. The molecule has 212 valence electrons. The lowest BCUT2D eigenvalue weighted by Crippen LogP contribution is -2.56. The van der Waals surface area contributed by atoms with Crippen molar-refractivity contribution in [3.05, 3.63) is 62.8 Å². The fraction of sp³-hybridized carbons (Fsp3) is 0.500. The molecule has 0 aliphatic carbocycles. The molecule has 0 amide bonds. The number of nitrogens with one attached hydrogen (secondary N) is 1. The van der Waals surface area contributed by atoms with Gasteiger partial charge in [-0.3, -0.25) is 4.79 Å². The maximum Gasteiger partial charge on any atom is 0.416 e. The van der Waals surface area contributed by atoms with Crippen LogP contribution in [0.5, 0.6) is 0 Å². The Kier molecular flexibility index (Phi) is 7.12. The number of halogens is 3. The lowest BCUT2D eigenvalue weighted by Gasteiger charge is -2.49. The van der Waals surface area contributed by atoms with Crippen LogP contribution in [0.4, 0.5) is 19.0 Å². The standard InChI is InChI=1S/C30H36F3N5OSi/c1-19-22(8-7-9-25(19)30(31,32)33)20(2)34-27-24-18-38(29-11-14-37(15-12-29)16-13-29)28(39)23(10-17-40(4,5)6)26(24)35-21(3)36-27/h7-9,18,20H,11-16H2,1-6H3,(H,34,35,36)/t20-/m1/s1. The van der Waals surface area contributed by atoms with Crippen molar-refractivity contribution in [2.45, 2.75) is 77.4 Å². The molecule has 3 saturated heterocycles. The fourth-order valence-corrected chi connectivity index (χ4v) is 6.51. The van der Waals surface area contributed by atoms with Crippen molar-refractivity contribution in [1.82, 2.24) is 19.4 Å². The first-order valence-corrected chi connectivity index (χ1v) is 17.3. The van der Waals surface area contributed by atoms with Gasteiger partial charge in [0.05, 0.1) is 28.0 Å². The van der Waals surface area contributed by atoms with Gasteiger partial charge in [0, 0.05) is 25.8 Å². The van der Waals surface area contributed by atoms with Crippen molar-refractivity contribution in [2.24, 2.45) is 0 Å². The Morgan fingerprint density at radius 2 is 1.73 bits per heavy atom. The summed E-state index contributed by atoms with van der Waals surface area (Å²) in [6, 6.07) is 3.76. The minimum atomic E-state index is -4.44. The van der Waals surface area contributed by atoms with Gasteiger partial charge in [-0.25, -0.2) is 9.97 Å². The molecule has 0 radical (unpaired) electrons. The zero-order valence-corrected chi connectivity index (χ0v) is 25.0. The van der Waals surface area contributed by atoms with Gasteiger partial charge in [0.1, 0.15) is 25.3 Å². The Balaban J connectivity index is 1.70. The van der Waals surface area contributed by atoms with Crippen LogP contribution in [-0.4, -0.2) is 47.1 Å². The SMILES string of the molecule is Cc1nc(N[C@H](C)c2cccc(C(F)(F)F)c2C)c2cn(C34CCN(CC3)CC4)c(=O)c(C#C[Si](C)(C)C)c2n1. The molecule has 3 aliphatic heterocycles. The molecule has 5 heterocycles. The lowest BCUT2D eigenvalue weighted by molar-refractivity contribution is -0.138. The van der Waals surface area contributed by atoms with E-state index in [4.69, 9.17) is 0 Å². The molecular formula is C30H36F3N5OSi. The molecule has 10 heteroatoms. The van der Waals surface area contributed by atoms with E-state index in [-0.39, 0.29) is 16.7 Å². The Bertz CT molecular complexity index is 1570. The van der Waals surface area contributed by atoms with Gasteiger partial charge in [-0.2, -0.15) is 13.2 Å². The van der Waals surface area contributed by atoms with Gasteiger partial charge in [0.25, 0.3) is 5.56 Å². The second kappa shape index (κ2) is 10.0. The van der Waals surface area contributed by atoms with E-state index in [0.717, 1.165) is 45.0 Å². The van der Waals surface area contributed by atoms with Gasteiger partial charge in [0.15, 0.2) is 0 Å². The number of anilines is 1. The van der Waals surface area contributed by atoms with Gasteiger partial charge in [-0.05, 0) is 57.2 Å². The Hall–Kier alpha value is -3.16. The van der Waals surface area contributed by atoms with E-state index in [1.54, 1.807) is 13.0 Å². The number of pyridine rings is 1. The van der Waals surface area contributed by atoms with Gasteiger partial charge in [-0.1, -0.05) is 37.7 Å². The second-order valence-electron chi connectivity index (χ2n) is 12.3. The predicted octanol–water partition coefficient (Wildman–Crippen LogP) is 6.02. The number of aryl methyl sites for hydroxylation is 1. The monoisotopic (exact) mass is 567 g/mol. The average Bonchev–Trinajstić information content (AvgIpc) is 2.87. The summed E-state index contributed by atoms with van der Waals surface area (Å²) in [6.07, 6.45) is 0.0799. The summed E-state index contributed by atoms with van der Waals surface area (Å²) in [7, 11) is -1.82. The van der Waals surface area contributed by atoms with Crippen LogP contribution in [-0.2, 0) is 11.7 Å². The highest BCUT2D eigenvalue weighted by Crippen LogP contribution is 2.39. The summed E-state index contributed by atoms with van der Waals surface area (Å²) in [5.41, 5.74) is 3.86. The second-order valence-corrected chi connectivity index (χ2v) is 17.0. The molecule has 0 saturated carbocycles. The highest BCUT2D eigenvalue weighted by molar-refractivity contribution is 6.83. The van der Waals surface area contributed by atoms with Crippen LogP contribution in [0.15, 0.2) is 29.2 Å². The first kappa shape index (κ1) is 28.4. The topological polar surface area (TPSA) is 63.1 Å². The predicted molar refractivity (Wildman–Crippen MR) is 155 cm³/mol. The maximum atomic E-state index is 14.1. The third-order valence-corrected chi connectivity index (χ3v) is 9.11. The van der Waals surface area contributed by atoms with Crippen LogP contribution >= 0.6 is 0 Å². The molecule has 3 fully saturated rings. The Morgan fingerprint density at radius 3 is 2.33 bits per heavy atom. The van der Waals surface area contributed by atoms with E-state index >= 15 is 0 Å². The molecular weight excluding hydrogens is 531 g/mol. The molecule has 0 unspecified atom stereocenters. The molecule has 2 aromatic heterocycles. The molecule has 1 N–H and O–H groups in total. The summed E-state index contributed by atoms with van der Waals surface area (Å²) < 4.78 is 42.8. The van der Waals surface area contributed by atoms with Crippen molar-refractivity contribution in [3.63, 3.8) is 0 Å². The van der Waals surface area contributed by atoms with E-state index < -0.39 is 25.9 Å². The molecule has 6 nitrogen and oxygen atoms in total. The zero-order valence-electron chi connectivity index (χ0n) is 24.0. The molecule has 1 aromatic carbocycles. The van der Waals surface area contributed by atoms with E-state index in [2.05, 4.69) is 51.3 Å². The lowest BCUT2D eigenvalue weighted by atomic mass is 9.79. The molecule has 40 heavy (non-hydrogen) atoms. The first-order valence-electron chi connectivity index (χ1n) is 13.8. The number of aromatic nitrogens is 3. The highest BCUT2D eigenvalue weighted by atomic mass is 28.3. The summed E-state index contributed by atoms with van der Waals surface area (Å²) >= 11 is 0. The van der Waals surface area contributed by atoms with Crippen LogP contribution in [0.3, 0.4) is 0 Å². The molecule has 0 spiro atoms. The fourth-order valence-electron chi connectivity index (χ4n) is 6.01. The number of hydrogen-bond acceptors (Lipinski definition) is 5. The Labute approximate surface area is 234 Å². The number of hydrogen-bond donors (Lipinski definition) is 1. The van der Waals surface area contributed by atoms with Gasteiger partial charge >= 0.3 is 6.18 Å². The average molecular weight is 568 g/mol. The molecule has 1 atom stereocenters. The quantitative estimate of drug-likeness (QED) is 0.308. The van der Waals surface area contributed by atoms with E-state index in [9.17, 15) is 18.0 Å². The molecule has 2 bridgehead atoms. The maximum absolute atomic E-state index is 14.1. The van der Waals surface area contributed by atoms with Crippen molar-refractivity contribution >= 4 is 24.8 Å². The molecule has 6 rings (SSSR count). The van der Waals surface area contributed by atoms with Crippen molar-refractivity contribution in [1.29, 1.82) is 0 Å². The number of rotatable bonds is 4. The largest absolute Gasteiger partial charge is 0.416 e. The van der Waals surface area contributed by atoms with Crippen molar-refractivity contribution in [2.75, 3.05) is 25.0 Å². The first-order chi connectivity index (χ1) is 18.7. The van der Waals surface area contributed by atoms with Crippen LogP contribution in [0.25, 0.3) is 10.9 Å². The summed E-state index contributed by atoms with van der Waals surface area (Å²) in [5.74, 6) is 4.17. The Morgan fingerprint density at radius 1 is 1.07 bits per heavy atom. The van der Waals surface area contributed by atoms with Crippen LogP contribution in [0.1, 0.15) is 60.3 Å². The van der Waals surface area contributed by atoms with Crippen molar-refractivity contribution < 1.29 is 13.2 Å². The van der Waals surface area contributed by atoms with Crippen LogP contribution in [0.2, 0.25) is 19.6 Å². The number of benzene rings is 1. The number of piperidine rings is 3. The van der Waals surface area contributed by atoms with E-state index in [1.165, 1.54) is 13.0 Å². The molecule has 3 aliphatic rings. The van der Waals surface area contributed by atoms with E-state index in [0.29, 0.717) is 33.7 Å². The van der Waals surface area contributed by atoms with Gasteiger partial charge in [0.2, 0.25) is 0 Å². The minimum Gasteiger partial charge on any atom is -0.363 e. The smallest absolute Gasteiger partial charge is 0.363 e. The van der Waals surface area contributed by atoms with Gasteiger partial charge < -0.3 is 14.8 Å². The van der Waals surface area contributed by atoms with Crippen LogP contribution in [0, 0.1) is 25.3 Å². The zero-order chi connectivity index (χ0) is 29.0. The minimum absolute atomic E-state index is 0.126. The highest BCUT2D eigenvalue weighted by Gasteiger charge is 2.42. The summed E-state index contributed by atoms with van der Waals surface area (Å²) in [5, 5.41) is 4.03. The molecule has 3 aromatic rings. The van der Waals surface area contributed by atoms with Crippen molar-refractivity contribution in [3.8, 4) is 11.5 Å². The number of alkyl halides is 3. The summed E-state index contributed by atoms with van der Waals surface area (Å²) in [6.45, 7) is 14.3. The van der Waals surface area contributed by atoms with Gasteiger partial charge in [-0.15, -0.1) is 5.54 Å².